The standard InChI is InChI=1S/C16H27N/c1-3-5-6-7-11-14-17(4-2)15-16-12-9-8-10-13-16/h8-10,12-13H,3-7,11,14-15H2,1-2H3. The van der Waals surface area contributed by atoms with E-state index in [4.69, 9.17) is 0 Å². The molecule has 0 amide bonds. The van der Waals surface area contributed by atoms with Crippen molar-refractivity contribution in [3.8, 4) is 0 Å². The second-order valence-corrected chi connectivity index (χ2v) is 4.77. The van der Waals surface area contributed by atoms with Crippen LogP contribution in [0.1, 0.15) is 51.5 Å². The molecule has 0 heterocycles. The Bertz CT molecular complexity index is 268. The van der Waals surface area contributed by atoms with Crippen LogP contribution in [-0.2, 0) is 6.54 Å². The van der Waals surface area contributed by atoms with Gasteiger partial charge in [0.25, 0.3) is 0 Å². The van der Waals surface area contributed by atoms with Crippen molar-refractivity contribution < 1.29 is 0 Å². The zero-order chi connectivity index (χ0) is 12.3. The topological polar surface area (TPSA) is 3.24 Å². The van der Waals surface area contributed by atoms with E-state index >= 15 is 0 Å². The first-order chi connectivity index (χ1) is 8.36. The van der Waals surface area contributed by atoms with Crippen LogP contribution in [0.3, 0.4) is 0 Å². The quantitative estimate of drug-likeness (QED) is 0.568. The van der Waals surface area contributed by atoms with Crippen molar-refractivity contribution in [3.05, 3.63) is 35.9 Å². The minimum absolute atomic E-state index is 1.10. The lowest BCUT2D eigenvalue weighted by Gasteiger charge is -2.20. The first-order valence-electron chi connectivity index (χ1n) is 7.13. The van der Waals surface area contributed by atoms with Gasteiger partial charge in [0.1, 0.15) is 0 Å². The summed E-state index contributed by atoms with van der Waals surface area (Å²) in [7, 11) is 0. The Hall–Kier alpha value is -0.820. The SMILES string of the molecule is CCCCCCCN(CC)Cc1ccccc1. The van der Waals surface area contributed by atoms with E-state index in [0.29, 0.717) is 0 Å². The molecule has 0 saturated carbocycles. The minimum Gasteiger partial charge on any atom is -0.299 e. The van der Waals surface area contributed by atoms with Crippen LogP contribution < -0.4 is 0 Å². The first-order valence-corrected chi connectivity index (χ1v) is 7.13. The molecule has 96 valence electrons. The van der Waals surface area contributed by atoms with E-state index in [1.54, 1.807) is 0 Å². The molecule has 1 heteroatoms. The molecule has 1 aromatic rings. The Balaban J connectivity index is 2.20. The van der Waals surface area contributed by atoms with E-state index in [1.807, 2.05) is 0 Å². The first kappa shape index (κ1) is 14.2. The second kappa shape index (κ2) is 9.23. The summed E-state index contributed by atoms with van der Waals surface area (Å²) in [6, 6.07) is 10.8. The third-order valence-corrected chi connectivity index (χ3v) is 3.27. The van der Waals surface area contributed by atoms with Gasteiger partial charge in [0, 0.05) is 6.54 Å². The zero-order valence-corrected chi connectivity index (χ0v) is 11.5. The molecule has 0 saturated heterocycles. The van der Waals surface area contributed by atoms with E-state index in [2.05, 4.69) is 49.1 Å². The Kier molecular flexibility index (Phi) is 7.74. The summed E-state index contributed by atoms with van der Waals surface area (Å²) >= 11 is 0. The second-order valence-electron chi connectivity index (χ2n) is 4.77. The third-order valence-electron chi connectivity index (χ3n) is 3.27. The van der Waals surface area contributed by atoms with Crippen LogP contribution >= 0.6 is 0 Å². The van der Waals surface area contributed by atoms with Gasteiger partial charge in [0.2, 0.25) is 0 Å². The van der Waals surface area contributed by atoms with Crippen molar-refractivity contribution in [2.75, 3.05) is 13.1 Å². The van der Waals surface area contributed by atoms with Crippen LogP contribution in [0.25, 0.3) is 0 Å². The van der Waals surface area contributed by atoms with Crippen molar-refractivity contribution in [2.24, 2.45) is 0 Å². The molecule has 1 nitrogen and oxygen atoms in total. The van der Waals surface area contributed by atoms with Crippen molar-refractivity contribution in [2.45, 2.75) is 52.5 Å². The molecule has 1 aromatic carbocycles. The molecule has 0 radical (unpaired) electrons. The van der Waals surface area contributed by atoms with Crippen molar-refractivity contribution in [1.82, 2.24) is 4.90 Å². The molecule has 0 spiro atoms. The molecule has 0 aromatic heterocycles. The Labute approximate surface area is 107 Å². The largest absolute Gasteiger partial charge is 0.299 e. The Morgan fingerprint density at radius 2 is 1.59 bits per heavy atom. The fourth-order valence-corrected chi connectivity index (χ4v) is 2.13. The van der Waals surface area contributed by atoms with Gasteiger partial charge in [-0.15, -0.1) is 0 Å². The van der Waals surface area contributed by atoms with Gasteiger partial charge in [-0.2, -0.15) is 0 Å². The average Bonchev–Trinajstić information content (AvgIpc) is 2.38. The predicted octanol–water partition coefficient (Wildman–Crippen LogP) is 4.48. The number of unbranched alkanes of at least 4 members (excludes halogenated alkanes) is 4. The van der Waals surface area contributed by atoms with E-state index in [1.165, 1.54) is 44.2 Å². The molecule has 1 rings (SSSR count). The van der Waals surface area contributed by atoms with Gasteiger partial charge in [-0.1, -0.05) is 69.9 Å². The van der Waals surface area contributed by atoms with Crippen molar-refractivity contribution in [3.63, 3.8) is 0 Å². The van der Waals surface area contributed by atoms with Crippen LogP contribution in [0, 0.1) is 0 Å². The Morgan fingerprint density at radius 3 is 2.24 bits per heavy atom. The maximum absolute atomic E-state index is 2.54. The summed E-state index contributed by atoms with van der Waals surface area (Å²) < 4.78 is 0. The lowest BCUT2D eigenvalue weighted by Crippen LogP contribution is -2.23. The molecule has 0 aliphatic carbocycles. The van der Waals surface area contributed by atoms with Crippen LogP contribution in [0.15, 0.2) is 30.3 Å². The number of hydrogen-bond donors (Lipinski definition) is 0. The number of hydrogen-bond acceptors (Lipinski definition) is 1. The highest BCUT2D eigenvalue weighted by atomic mass is 15.1. The van der Waals surface area contributed by atoms with E-state index in [-0.39, 0.29) is 0 Å². The molecule has 0 fully saturated rings. The van der Waals surface area contributed by atoms with Crippen LogP contribution in [0.2, 0.25) is 0 Å². The lowest BCUT2D eigenvalue weighted by atomic mass is 10.1. The highest BCUT2D eigenvalue weighted by molar-refractivity contribution is 5.14. The summed E-state index contributed by atoms with van der Waals surface area (Å²) in [5, 5.41) is 0. The highest BCUT2D eigenvalue weighted by Gasteiger charge is 2.02. The van der Waals surface area contributed by atoms with Gasteiger partial charge >= 0.3 is 0 Å². The zero-order valence-electron chi connectivity index (χ0n) is 11.5. The summed E-state index contributed by atoms with van der Waals surface area (Å²) in [6.07, 6.45) is 6.87. The highest BCUT2D eigenvalue weighted by Crippen LogP contribution is 2.07. The van der Waals surface area contributed by atoms with E-state index < -0.39 is 0 Å². The van der Waals surface area contributed by atoms with Gasteiger partial charge in [0.15, 0.2) is 0 Å². The maximum atomic E-state index is 2.54. The van der Waals surface area contributed by atoms with Crippen LogP contribution in [-0.4, -0.2) is 18.0 Å². The molecule has 17 heavy (non-hydrogen) atoms. The summed E-state index contributed by atoms with van der Waals surface area (Å²) in [6.45, 7) is 8.03. The van der Waals surface area contributed by atoms with Gasteiger partial charge in [-0.25, -0.2) is 0 Å². The smallest absolute Gasteiger partial charge is 0.0233 e. The van der Waals surface area contributed by atoms with Crippen LogP contribution in [0.4, 0.5) is 0 Å². The number of nitrogens with zero attached hydrogens (tertiary/aromatic N) is 1. The Morgan fingerprint density at radius 1 is 0.882 bits per heavy atom. The van der Waals surface area contributed by atoms with Crippen molar-refractivity contribution in [1.29, 1.82) is 0 Å². The molecule has 0 atom stereocenters. The van der Waals surface area contributed by atoms with Crippen LogP contribution in [0.5, 0.6) is 0 Å². The van der Waals surface area contributed by atoms with E-state index in [9.17, 15) is 0 Å². The minimum atomic E-state index is 1.10. The van der Waals surface area contributed by atoms with Gasteiger partial charge < -0.3 is 0 Å². The monoisotopic (exact) mass is 233 g/mol. The molecule has 0 aliphatic heterocycles. The summed E-state index contributed by atoms with van der Waals surface area (Å²) in [5.41, 5.74) is 1.43. The third kappa shape index (κ3) is 6.48. The number of benzene rings is 1. The maximum Gasteiger partial charge on any atom is 0.0233 e. The molecule has 0 aliphatic rings. The fraction of sp³-hybridized carbons (Fsp3) is 0.625. The van der Waals surface area contributed by atoms with Gasteiger partial charge in [-0.3, -0.25) is 4.90 Å². The predicted molar refractivity (Wildman–Crippen MR) is 76.2 cm³/mol. The van der Waals surface area contributed by atoms with Gasteiger partial charge in [-0.05, 0) is 25.1 Å². The van der Waals surface area contributed by atoms with Crippen molar-refractivity contribution >= 4 is 0 Å². The molecular weight excluding hydrogens is 206 g/mol. The summed E-state index contributed by atoms with van der Waals surface area (Å²) in [4.78, 5) is 2.54. The fourth-order valence-electron chi connectivity index (χ4n) is 2.13. The molecule has 0 N–H and O–H groups in total. The normalized spacial score (nSPS) is 11.0. The lowest BCUT2D eigenvalue weighted by molar-refractivity contribution is 0.272. The molecular formula is C16H27N. The summed E-state index contributed by atoms with van der Waals surface area (Å²) in [5.74, 6) is 0. The van der Waals surface area contributed by atoms with E-state index in [0.717, 1.165) is 13.1 Å². The average molecular weight is 233 g/mol. The molecule has 0 unspecified atom stereocenters. The number of rotatable bonds is 9. The van der Waals surface area contributed by atoms with Gasteiger partial charge in [0.05, 0.1) is 0 Å². The molecule has 0 bridgehead atoms.